The molecule has 1 aromatic rings. The Morgan fingerprint density at radius 2 is 2.13 bits per heavy atom. The molecule has 1 unspecified atom stereocenters. The van der Waals surface area contributed by atoms with E-state index in [1.165, 1.54) is 5.56 Å². The van der Waals surface area contributed by atoms with E-state index in [0.717, 1.165) is 36.1 Å². The average Bonchev–Trinajstić information content (AvgIpc) is 2.17. The molecule has 0 fully saturated rings. The van der Waals surface area contributed by atoms with Crippen LogP contribution in [0.25, 0.3) is 0 Å². The quantitative estimate of drug-likeness (QED) is 0.765. The van der Waals surface area contributed by atoms with Gasteiger partial charge in [-0.1, -0.05) is 6.07 Å². The first-order chi connectivity index (χ1) is 7.06. The van der Waals surface area contributed by atoms with Crippen LogP contribution in [0.2, 0.25) is 0 Å². The number of aryl methyl sites for hydroxylation is 1. The largest absolute Gasteiger partial charge is 0.496 e. The van der Waals surface area contributed by atoms with Gasteiger partial charge in [0.2, 0.25) is 0 Å². The molecule has 15 heavy (non-hydrogen) atoms. The molecular weight excluding hydrogens is 188 g/mol. The molecule has 0 spiro atoms. The van der Waals surface area contributed by atoms with Crippen LogP contribution in [0.15, 0.2) is 12.1 Å². The number of ether oxygens (including phenoxy) is 1. The summed E-state index contributed by atoms with van der Waals surface area (Å²) in [6, 6.07) is 4.02. The lowest BCUT2D eigenvalue weighted by molar-refractivity contribution is 0.0375. The van der Waals surface area contributed by atoms with Gasteiger partial charge in [0.15, 0.2) is 0 Å². The zero-order chi connectivity index (χ0) is 11.1. The average molecular weight is 206 g/mol. The number of benzene rings is 1. The van der Waals surface area contributed by atoms with Crippen molar-refractivity contribution in [1.82, 2.24) is 0 Å². The molecular formula is C13H18O2. The Hall–Kier alpha value is -1.02. The molecule has 0 saturated carbocycles. The third kappa shape index (κ3) is 1.63. The molecule has 1 aliphatic carbocycles. The summed E-state index contributed by atoms with van der Waals surface area (Å²) in [6.45, 7) is 3.95. The normalized spacial score (nSPS) is 24.8. The molecule has 82 valence electrons. The van der Waals surface area contributed by atoms with E-state index in [-0.39, 0.29) is 0 Å². The maximum Gasteiger partial charge on any atom is 0.122 e. The lowest BCUT2D eigenvalue weighted by atomic mass is 9.78. The van der Waals surface area contributed by atoms with Gasteiger partial charge in [-0.05, 0) is 50.3 Å². The van der Waals surface area contributed by atoms with E-state index in [2.05, 4.69) is 6.92 Å². The molecule has 0 radical (unpaired) electrons. The standard InChI is InChI=1S/C13H18O2/c1-9-6-7-11(15-3)10-5-4-8-13(2,14)12(9)10/h6-7,14H,4-5,8H2,1-3H3. The van der Waals surface area contributed by atoms with Crippen LogP contribution >= 0.6 is 0 Å². The molecule has 1 aromatic carbocycles. The summed E-state index contributed by atoms with van der Waals surface area (Å²) in [5.74, 6) is 0.913. The van der Waals surface area contributed by atoms with Crippen LogP contribution in [0.5, 0.6) is 5.75 Å². The molecule has 1 atom stereocenters. The van der Waals surface area contributed by atoms with Gasteiger partial charge < -0.3 is 9.84 Å². The van der Waals surface area contributed by atoms with Crippen molar-refractivity contribution in [2.45, 2.75) is 38.7 Å². The van der Waals surface area contributed by atoms with Gasteiger partial charge in [-0.3, -0.25) is 0 Å². The van der Waals surface area contributed by atoms with E-state index in [0.29, 0.717) is 0 Å². The van der Waals surface area contributed by atoms with Gasteiger partial charge in [0.05, 0.1) is 12.7 Å². The fraction of sp³-hybridized carbons (Fsp3) is 0.538. The molecule has 2 heteroatoms. The van der Waals surface area contributed by atoms with Crippen LogP contribution in [0.4, 0.5) is 0 Å². The van der Waals surface area contributed by atoms with Crippen molar-refractivity contribution in [3.05, 3.63) is 28.8 Å². The predicted molar refractivity (Wildman–Crippen MR) is 60.2 cm³/mol. The molecule has 0 aromatic heterocycles. The first kappa shape index (κ1) is 10.5. The summed E-state index contributed by atoms with van der Waals surface area (Å²) in [4.78, 5) is 0. The van der Waals surface area contributed by atoms with Crippen LogP contribution in [0.3, 0.4) is 0 Å². The summed E-state index contributed by atoms with van der Waals surface area (Å²) in [6.07, 6.45) is 2.88. The predicted octanol–water partition coefficient (Wildman–Crippen LogP) is 2.55. The lowest BCUT2D eigenvalue weighted by Crippen LogP contribution is -2.28. The van der Waals surface area contributed by atoms with Gasteiger partial charge in [-0.15, -0.1) is 0 Å². The van der Waals surface area contributed by atoms with E-state index in [9.17, 15) is 5.11 Å². The number of methoxy groups -OCH3 is 1. The van der Waals surface area contributed by atoms with Crippen molar-refractivity contribution < 1.29 is 9.84 Å². The monoisotopic (exact) mass is 206 g/mol. The highest BCUT2D eigenvalue weighted by Gasteiger charge is 2.32. The first-order valence-corrected chi connectivity index (χ1v) is 5.45. The van der Waals surface area contributed by atoms with E-state index < -0.39 is 5.60 Å². The summed E-state index contributed by atoms with van der Waals surface area (Å²) < 4.78 is 5.35. The van der Waals surface area contributed by atoms with Crippen molar-refractivity contribution in [1.29, 1.82) is 0 Å². The smallest absolute Gasteiger partial charge is 0.122 e. The minimum absolute atomic E-state index is 0.688. The maximum atomic E-state index is 10.4. The molecule has 2 nitrogen and oxygen atoms in total. The van der Waals surface area contributed by atoms with Crippen molar-refractivity contribution in [3.63, 3.8) is 0 Å². The van der Waals surface area contributed by atoms with Crippen molar-refractivity contribution in [2.24, 2.45) is 0 Å². The second-order valence-corrected chi connectivity index (χ2v) is 4.57. The van der Waals surface area contributed by atoms with Crippen LogP contribution in [-0.4, -0.2) is 12.2 Å². The van der Waals surface area contributed by atoms with Crippen LogP contribution < -0.4 is 4.74 Å². The Labute approximate surface area is 90.9 Å². The SMILES string of the molecule is COc1ccc(C)c2c1CCCC2(C)O. The van der Waals surface area contributed by atoms with E-state index >= 15 is 0 Å². The maximum absolute atomic E-state index is 10.4. The molecule has 1 N–H and O–H groups in total. The lowest BCUT2D eigenvalue weighted by Gasteiger charge is -2.33. The van der Waals surface area contributed by atoms with E-state index in [4.69, 9.17) is 4.74 Å². The molecule has 0 aliphatic heterocycles. The molecule has 0 saturated heterocycles. The zero-order valence-electron chi connectivity index (χ0n) is 9.63. The molecule has 1 aliphatic rings. The van der Waals surface area contributed by atoms with E-state index in [1.54, 1.807) is 7.11 Å². The van der Waals surface area contributed by atoms with Gasteiger partial charge in [-0.25, -0.2) is 0 Å². The van der Waals surface area contributed by atoms with Crippen LogP contribution in [-0.2, 0) is 12.0 Å². The highest BCUT2D eigenvalue weighted by atomic mass is 16.5. The second-order valence-electron chi connectivity index (χ2n) is 4.57. The van der Waals surface area contributed by atoms with Crippen molar-refractivity contribution in [2.75, 3.05) is 7.11 Å². The van der Waals surface area contributed by atoms with Crippen LogP contribution in [0, 0.1) is 6.92 Å². The fourth-order valence-corrected chi connectivity index (χ4v) is 2.67. The third-order valence-corrected chi connectivity index (χ3v) is 3.33. The number of hydrogen-bond acceptors (Lipinski definition) is 2. The van der Waals surface area contributed by atoms with Crippen LogP contribution in [0.1, 0.15) is 36.5 Å². The van der Waals surface area contributed by atoms with Gasteiger partial charge in [-0.2, -0.15) is 0 Å². The fourth-order valence-electron chi connectivity index (χ4n) is 2.67. The van der Waals surface area contributed by atoms with Gasteiger partial charge in [0, 0.05) is 5.56 Å². The Kier molecular flexibility index (Phi) is 2.47. The van der Waals surface area contributed by atoms with Gasteiger partial charge in [0.1, 0.15) is 5.75 Å². The third-order valence-electron chi connectivity index (χ3n) is 3.33. The Balaban J connectivity index is 2.65. The molecule has 2 rings (SSSR count). The number of aliphatic hydroxyl groups is 1. The Bertz CT molecular complexity index is 380. The Morgan fingerprint density at radius 1 is 1.40 bits per heavy atom. The van der Waals surface area contributed by atoms with Crippen molar-refractivity contribution >= 4 is 0 Å². The zero-order valence-corrected chi connectivity index (χ0v) is 9.63. The van der Waals surface area contributed by atoms with E-state index in [1.807, 2.05) is 19.1 Å². The first-order valence-electron chi connectivity index (χ1n) is 5.45. The summed E-state index contributed by atoms with van der Waals surface area (Å²) in [5, 5.41) is 10.4. The highest BCUT2D eigenvalue weighted by Crippen LogP contribution is 2.40. The molecule has 0 heterocycles. The minimum Gasteiger partial charge on any atom is -0.496 e. The molecule has 0 bridgehead atoms. The van der Waals surface area contributed by atoms with Crippen molar-refractivity contribution in [3.8, 4) is 5.75 Å². The number of hydrogen-bond donors (Lipinski definition) is 1. The Morgan fingerprint density at radius 3 is 2.80 bits per heavy atom. The number of rotatable bonds is 1. The second kappa shape index (κ2) is 3.53. The molecule has 0 amide bonds. The number of fused-ring (bicyclic) bond motifs is 1. The topological polar surface area (TPSA) is 29.5 Å². The summed E-state index contributed by atoms with van der Waals surface area (Å²) in [5.41, 5.74) is 2.74. The highest BCUT2D eigenvalue weighted by molar-refractivity contribution is 5.48. The summed E-state index contributed by atoms with van der Waals surface area (Å²) in [7, 11) is 1.69. The van der Waals surface area contributed by atoms with Gasteiger partial charge in [0.25, 0.3) is 0 Å². The summed E-state index contributed by atoms with van der Waals surface area (Å²) >= 11 is 0. The van der Waals surface area contributed by atoms with Gasteiger partial charge >= 0.3 is 0 Å². The minimum atomic E-state index is -0.688.